The lowest BCUT2D eigenvalue weighted by atomic mass is 9.98. The van der Waals surface area contributed by atoms with Crippen LogP contribution in [0.15, 0.2) is 91.3 Å². The standard InChI is InChI=1S/C43H49N3O6.2ClH/c1-29-11-13-36(14-12-29)46(28-30-9-8-10-32(19-30)33-21-38(47-2)42(51-6)39(22-33)48-3)37-15-17-45(18-16-37)27-31-20-35(26-44-25-31)34-23-40(49-4)43(52-7)41(24-34)50-5;;/h8-14,19-26,37H,15-18,27-28H2,1-7H3;2*1H. The molecular weight excluding hydrogens is 725 g/mol. The van der Waals surface area contributed by atoms with Crippen molar-refractivity contribution < 1.29 is 28.4 Å². The number of halogens is 2. The first-order chi connectivity index (χ1) is 25.4. The first-order valence-electron chi connectivity index (χ1n) is 17.6. The van der Waals surface area contributed by atoms with Gasteiger partial charge < -0.3 is 33.3 Å². The fraction of sp³-hybridized carbons (Fsp3) is 0.326. The van der Waals surface area contributed by atoms with E-state index in [4.69, 9.17) is 28.4 Å². The summed E-state index contributed by atoms with van der Waals surface area (Å²) in [5.74, 6) is 3.68. The molecule has 0 N–H and O–H groups in total. The predicted octanol–water partition coefficient (Wildman–Crippen LogP) is 9.29. The molecule has 0 spiro atoms. The summed E-state index contributed by atoms with van der Waals surface area (Å²) >= 11 is 0. The Morgan fingerprint density at radius 1 is 0.593 bits per heavy atom. The summed E-state index contributed by atoms with van der Waals surface area (Å²) in [5, 5.41) is 0. The minimum atomic E-state index is 0. The summed E-state index contributed by atoms with van der Waals surface area (Å²) in [7, 11) is 9.80. The van der Waals surface area contributed by atoms with Crippen LogP contribution in [0.1, 0.15) is 29.5 Å². The van der Waals surface area contributed by atoms with Gasteiger partial charge in [-0.2, -0.15) is 0 Å². The molecule has 6 rings (SSSR count). The molecule has 0 unspecified atom stereocenters. The summed E-state index contributed by atoms with van der Waals surface area (Å²) in [6.45, 7) is 5.75. The lowest BCUT2D eigenvalue weighted by Gasteiger charge is -2.40. The van der Waals surface area contributed by atoms with E-state index in [2.05, 4.69) is 76.3 Å². The Bertz CT molecular complexity index is 1920. The predicted molar refractivity (Wildman–Crippen MR) is 221 cm³/mol. The second kappa shape index (κ2) is 19.5. The normalized spacial score (nSPS) is 12.9. The van der Waals surface area contributed by atoms with Crippen molar-refractivity contribution in [2.45, 2.75) is 38.9 Å². The van der Waals surface area contributed by atoms with Crippen molar-refractivity contribution in [2.75, 3.05) is 60.6 Å². The zero-order chi connectivity index (χ0) is 36.6. The Morgan fingerprint density at radius 3 is 1.63 bits per heavy atom. The first-order valence-corrected chi connectivity index (χ1v) is 17.6. The Hall–Kier alpha value is -4.83. The average Bonchev–Trinajstić information content (AvgIpc) is 3.19. The minimum Gasteiger partial charge on any atom is -0.493 e. The number of anilines is 1. The number of likely N-dealkylation sites (tertiary alicyclic amines) is 1. The monoisotopic (exact) mass is 775 g/mol. The van der Waals surface area contributed by atoms with E-state index in [9.17, 15) is 0 Å². The fourth-order valence-electron chi connectivity index (χ4n) is 7.09. The zero-order valence-electron chi connectivity index (χ0n) is 32.1. The molecule has 1 aliphatic rings. The molecule has 0 saturated carbocycles. The van der Waals surface area contributed by atoms with Gasteiger partial charge in [0.1, 0.15) is 0 Å². The summed E-state index contributed by atoms with van der Waals surface area (Å²) < 4.78 is 33.6. The highest BCUT2D eigenvalue weighted by molar-refractivity contribution is 5.85. The molecule has 5 aromatic rings. The van der Waals surface area contributed by atoms with E-state index >= 15 is 0 Å². The van der Waals surface area contributed by atoms with Gasteiger partial charge in [0.15, 0.2) is 23.0 Å². The molecule has 2 heterocycles. The van der Waals surface area contributed by atoms with Gasteiger partial charge in [-0.05, 0) is 96.1 Å². The Kier molecular flexibility index (Phi) is 15.1. The van der Waals surface area contributed by atoms with E-state index in [0.29, 0.717) is 40.5 Å². The van der Waals surface area contributed by atoms with Crippen LogP contribution in [0, 0.1) is 6.92 Å². The molecule has 54 heavy (non-hydrogen) atoms. The van der Waals surface area contributed by atoms with Crippen LogP contribution in [0.4, 0.5) is 5.69 Å². The molecule has 11 heteroatoms. The topological polar surface area (TPSA) is 74.8 Å². The van der Waals surface area contributed by atoms with Gasteiger partial charge in [-0.1, -0.05) is 35.9 Å². The van der Waals surface area contributed by atoms with E-state index in [1.54, 1.807) is 42.7 Å². The number of hydrogen-bond acceptors (Lipinski definition) is 9. The molecule has 4 aromatic carbocycles. The second-order valence-electron chi connectivity index (χ2n) is 13.1. The molecule has 0 amide bonds. The Balaban J connectivity index is 0.00000325. The van der Waals surface area contributed by atoms with Crippen LogP contribution in [-0.4, -0.2) is 71.7 Å². The van der Waals surface area contributed by atoms with Gasteiger partial charge in [-0.15, -0.1) is 24.8 Å². The third-order valence-electron chi connectivity index (χ3n) is 9.84. The van der Waals surface area contributed by atoms with E-state index in [1.165, 1.54) is 22.4 Å². The molecule has 9 nitrogen and oxygen atoms in total. The highest BCUT2D eigenvalue weighted by atomic mass is 35.5. The number of methoxy groups -OCH3 is 6. The van der Waals surface area contributed by atoms with E-state index in [1.807, 2.05) is 36.7 Å². The van der Waals surface area contributed by atoms with Crippen molar-refractivity contribution in [1.29, 1.82) is 0 Å². The second-order valence-corrected chi connectivity index (χ2v) is 13.1. The number of piperidine rings is 1. The van der Waals surface area contributed by atoms with E-state index < -0.39 is 0 Å². The lowest BCUT2D eigenvalue weighted by Crippen LogP contribution is -2.44. The van der Waals surface area contributed by atoms with Gasteiger partial charge >= 0.3 is 0 Å². The molecule has 1 saturated heterocycles. The fourth-order valence-corrected chi connectivity index (χ4v) is 7.09. The average molecular weight is 777 g/mol. The van der Waals surface area contributed by atoms with Gasteiger partial charge in [0, 0.05) is 55.9 Å². The summed E-state index contributed by atoms with van der Waals surface area (Å²) in [4.78, 5) is 9.72. The van der Waals surface area contributed by atoms with Crippen LogP contribution in [0.5, 0.6) is 34.5 Å². The number of aryl methyl sites for hydroxylation is 1. The van der Waals surface area contributed by atoms with Crippen LogP contribution in [0.2, 0.25) is 0 Å². The summed E-state index contributed by atoms with van der Waals surface area (Å²) in [6, 6.07) is 28.2. The van der Waals surface area contributed by atoms with Crippen LogP contribution in [-0.2, 0) is 13.1 Å². The maximum absolute atomic E-state index is 5.65. The molecule has 1 aromatic heterocycles. The molecule has 0 radical (unpaired) electrons. The van der Waals surface area contributed by atoms with Crippen molar-refractivity contribution in [1.82, 2.24) is 9.88 Å². The van der Waals surface area contributed by atoms with E-state index in [0.717, 1.165) is 61.3 Å². The van der Waals surface area contributed by atoms with Crippen LogP contribution < -0.4 is 33.3 Å². The van der Waals surface area contributed by atoms with Crippen molar-refractivity contribution in [2.24, 2.45) is 0 Å². The van der Waals surface area contributed by atoms with Crippen molar-refractivity contribution in [3.8, 4) is 56.8 Å². The maximum Gasteiger partial charge on any atom is 0.203 e. The van der Waals surface area contributed by atoms with Crippen molar-refractivity contribution in [3.05, 3.63) is 108 Å². The number of benzene rings is 4. The molecule has 0 aliphatic carbocycles. The van der Waals surface area contributed by atoms with Crippen molar-refractivity contribution in [3.63, 3.8) is 0 Å². The minimum absolute atomic E-state index is 0. The van der Waals surface area contributed by atoms with E-state index in [-0.39, 0.29) is 24.8 Å². The maximum atomic E-state index is 5.65. The molecule has 288 valence electrons. The summed E-state index contributed by atoms with van der Waals surface area (Å²) in [5.41, 5.74) is 8.98. The first kappa shape index (κ1) is 41.9. The number of nitrogens with zero attached hydrogens (tertiary/aromatic N) is 3. The van der Waals surface area contributed by atoms with Gasteiger partial charge in [-0.3, -0.25) is 9.88 Å². The van der Waals surface area contributed by atoms with Gasteiger partial charge in [0.05, 0.1) is 42.7 Å². The summed E-state index contributed by atoms with van der Waals surface area (Å²) in [6.07, 6.45) is 5.96. The number of ether oxygens (including phenoxy) is 6. The molecule has 1 fully saturated rings. The molecule has 0 atom stereocenters. The Labute approximate surface area is 331 Å². The van der Waals surface area contributed by atoms with Crippen LogP contribution in [0.3, 0.4) is 0 Å². The van der Waals surface area contributed by atoms with Crippen LogP contribution in [0.25, 0.3) is 22.3 Å². The van der Waals surface area contributed by atoms with Gasteiger partial charge in [0.2, 0.25) is 11.5 Å². The zero-order valence-corrected chi connectivity index (χ0v) is 33.7. The number of aromatic nitrogens is 1. The lowest BCUT2D eigenvalue weighted by molar-refractivity contribution is 0.200. The third kappa shape index (κ3) is 9.45. The SMILES string of the molecule is COc1cc(-c2cncc(CN3CCC(N(Cc4cccc(-c5cc(OC)c(OC)c(OC)c5)c4)c4ccc(C)cc4)CC3)c2)cc(OC)c1OC.Cl.Cl. The molecular formula is C43H51Cl2N3O6. The number of rotatable bonds is 14. The largest absolute Gasteiger partial charge is 0.493 e. The third-order valence-corrected chi connectivity index (χ3v) is 9.84. The van der Waals surface area contributed by atoms with Gasteiger partial charge in [0.25, 0.3) is 0 Å². The smallest absolute Gasteiger partial charge is 0.203 e. The number of hydrogen-bond donors (Lipinski definition) is 0. The molecule has 0 bridgehead atoms. The van der Waals surface area contributed by atoms with Crippen LogP contribution >= 0.6 is 24.8 Å². The highest BCUT2D eigenvalue weighted by Crippen LogP contribution is 2.42. The van der Waals surface area contributed by atoms with Crippen molar-refractivity contribution >= 4 is 30.5 Å². The van der Waals surface area contributed by atoms with Gasteiger partial charge in [-0.25, -0.2) is 0 Å². The number of pyridine rings is 1. The quantitative estimate of drug-likeness (QED) is 0.110. The Morgan fingerprint density at radius 2 is 1.11 bits per heavy atom. The highest BCUT2D eigenvalue weighted by Gasteiger charge is 2.26. The molecule has 1 aliphatic heterocycles.